The molecule has 2 rings (SSSR count). The molecule has 1 fully saturated rings. The van der Waals surface area contributed by atoms with E-state index in [9.17, 15) is 9.59 Å². The molecule has 2 aliphatic carbocycles. The maximum atomic E-state index is 12.5. The van der Waals surface area contributed by atoms with Gasteiger partial charge in [-0.2, -0.15) is 0 Å². The first-order valence-corrected chi connectivity index (χ1v) is 8.19. The van der Waals surface area contributed by atoms with E-state index in [0.717, 1.165) is 17.9 Å². The quantitative estimate of drug-likeness (QED) is 0.623. The molecule has 1 unspecified atom stereocenters. The summed E-state index contributed by atoms with van der Waals surface area (Å²) in [6.07, 6.45) is 6.68. The molecule has 2 aliphatic rings. The van der Waals surface area contributed by atoms with Crippen molar-refractivity contribution < 1.29 is 19.2 Å². The topological polar surface area (TPSA) is 67.9 Å². The second-order valence-electron chi connectivity index (χ2n) is 7.50. The molecule has 0 heterocycles. The molecule has 0 aromatic rings. The number of nitrogens with one attached hydrogen (secondary N) is 1. The Balaban J connectivity index is 1.97. The second-order valence-corrected chi connectivity index (χ2v) is 7.50. The van der Waals surface area contributed by atoms with Gasteiger partial charge in [-0.3, -0.25) is 9.63 Å². The van der Waals surface area contributed by atoms with Gasteiger partial charge in [-0.25, -0.2) is 9.86 Å². The number of fused-ring (bicyclic) bond motifs is 1. The lowest BCUT2D eigenvalue weighted by atomic mass is 9.86. The van der Waals surface area contributed by atoms with Crippen LogP contribution in [0.3, 0.4) is 0 Å². The van der Waals surface area contributed by atoms with Crippen molar-refractivity contribution in [2.45, 2.75) is 51.7 Å². The van der Waals surface area contributed by atoms with E-state index in [0.29, 0.717) is 24.2 Å². The first-order valence-electron chi connectivity index (χ1n) is 8.19. The summed E-state index contributed by atoms with van der Waals surface area (Å²) < 4.78 is 5.28. The maximum absolute atomic E-state index is 12.5. The molecule has 0 aromatic carbocycles. The van der Waals surface area contributed by atoms with Crippen LogP contribution in [0.25, 0.3) is 0 Å². The molecule has 1 saturated carbocycles. The third kappa shape index (κ3) is 4.70. The minimum atomic E-state index is -0.628. The lowest BCUT2D eigenvalue weighted by Crippen LogP contribution is -2.49. The van der Waals surface area contributed by atoms with Crippen LogP contribution < -0.4 is 5.32 Å². The number of likely N-dealkylation sites (N-methyl/N-ethyl adjacent to an activating group) is 1. The Bertz CT molecular complexity index is 469. The summed E-state index contributed by atoms with van der Waals surface area (Å²) in [6, 6.07) is -0.628. The van der Waals surface area contributed by atoms with Gasteiger partial charge in [-0.15, -0.1) is 0 Å². The van der Waals surface area contributed by atoms with Crippen LogP contribution in [0.1, 0.15) is 40.0 Å². The average molecular weight is 324 g/mol. The van der Waals surface area contributed by atoms with Crippen molar-refractivity contribution in [3.8, 4) is 0 Å². The van der Waals surface area contributed by atoms with E-state index in [4.69, 9.17) is 9.57 Å². The predicted octanol–water partition coefficient (Wildman–Crippen LogP) is 2.50. The standard InChI is InChI=1S/C17H28N2O4/c1-17(2,3)23-16(21)18-14(15(20)19(4)22-5)10-11-8-12-6-7-13(12)9-11/h6-7,11-14H,8-10H2,1-5H3,(H,18,21)/t11?,12-,13+,14-/m0/s1. The van der Waals surface area contributed by atoms with Crippen molar-refractivity contribution in [1.82, 2.24) is 10.4 Å². The third-order valence-electron chi connectivity index (χ3n) is 4.51. The Labute approximate surface area is 138 Å². The molecular formula is C17H28N2O4. The van der Waals surface area contributed by atoms with Crippen molar-refractivity contribution in [1.29, 1.82) is 0 Å². The molecule has 1 N–H and O–H groups in total. The fourth-order valence-electron chi connectivity index (χ4n) is 3.30. The van der Waals surface area contributed by atoms with Gasteiger partial charge in [0.15, 0.2) is 0 Å². The Kier molecular flexibility index (Phi) is 5.34. The molecule has 6 nitrogen and oxygen atoms in total. The molecule has 23 heavy (non-hydrogen) atoms. The first kappa shape index (κ1) is 17.8. The Morgan fingerprint density at radius 3 is 2.26 bits per heavy atom. The van der Waals surface area contributed by atoms with Crippen molar-refractivity contribution in [2.75, 3.05) is 14.2 Å². The molecule has 0 saturated heterocycles. The van der Waals surface area contributed by atoms with Crippen LogP contribution in [-0.2, 0) is 14.4 Å². The number of carbonyl (C=O) groups excluding carboxylic acids is 2. The lowest BCUT2D eigenvalue weighted by molar-refractivity contribution is -0.171. The van der Waals surface area contributed by atoms with E-state index in [1.54, 1.807) is 27.8 Å². The number of nitrogens with zero attached hydrogens (tertiary/aromatic N) is 1. The smallest absolute Gasteiger partial charge is 0.408 e. The van der Waals surface area contributed by atoms with Crippen molar-refractivity contribution in [3.63, 3.8) is 0 Å². The van der Waals surface area contributed by atoms with E-state index in [2.05, 4.69) is 17.5 Å². The van der Waals surface area contributed by atoms with Crippen LogP contribution in [0.15, 0.2) is 12.2 Å². The SMILES string of the molecule is CON(C)C(=O)[C@H](CC1C[C@H]2C=C[C@H]2C1)NC(=O)OC(C)(C)C. The van der Waals surface area contributed by atoms with E-state index in [1.165, 1.54) is 7.11 Å². The normalized spacial score (nSPS) is 26.9. The third-order valence-corrected chi connectivity index (χ3v) is 4.51. The number of hydroxylamine groups is 2. The monoisotopic (exact) mass is 324 g/mol. The van der Waals surface area contributed by atoms with Gasteiger partial charge in [0.05, 0.1) is 7.11 Å². The molecule has 0 spiro atoms. The molecule has 0 aliphatic heterocycles. The number of ether oxygens (including phenoxy) is 1. The number of allylic oxidation sites excluding steroid dienone is 2. The highest BCUT2D eigenvalue weighted by atomic mass is 16.7. The van der Waals surface area contributed by atoms with Crippen LogP contribution in [0.2, 0.25) is 0 Å². The number of hydrogen-bond acceptors (Lipinski definition) is 4. The van der Waals surface area contributed by atoms with Gasteiger partial charge in [0, 0.05) is 7.05 Å². The Morgan fingerprint density at radius 2 is 1.83 bits per heavy atom. The zero-order valence-corrected chi connectivity index (χ0v) is 14.7. The van der Waals surface area contributed by atoms with Gasteiger partial charge in [-0.1, -0.05) is 12.2 Å². The summed E-state index contributed by atoms with van der Waals surface area (Å²) in [5.41, 5.74) is -0.596. The maximum Gasteiger partial charge on any atom is 0.408 e. The van der Waals surface area contributed by atoms with Crippen LogP contribution >= 0.6 is 0 Å². The van der Waals surface area contributed by atoms with Crippen molar-refractivity contribution in [2.24, 2.45) is 17.8 Å². The molecule has 0 bridgehead atoms. The van der Waals surface area contributed by atoms with Crippen LogP contribution in [0.5, 0.6) is 0 Å². The second kappa shape index (κ2) is 6.91. The molecule has 0 aromatic heterocycles. The summed E-state index contributed by atoms with van der Waals surface area (Å²) in [6.45, 7) is 5.39. The lowest BCUT2D eigenvalue weighted by Gasteiger charge is -2.26. The van der Waals surface area contributed by atoms with Crippen molar-refractivity contribution in [3.05, 3.63) is 12.2 Å². The van der Waals surface area contributed by atoms with E-state index in [-0.39, 0.29) is 5.91 Å². The Hall–Kier alpha value is -1.56. The molecule has 2 amide bonds. The van der Waals surface area contributed by atoms with Gasteiger partial charge >= 0.3 is 6.09 Å². The summed E-state index contributed by atoms with van der Waals surface area (Å²) in [4.78, 5) is 29.5. The summed E-state index contributed by atoms with van der Waals surface area (Å²) in [5, 5.41) is 3.87. The largest absolute Gasteiger partial charge is 0.444 e. The van der Waals surface area contributed by atoms with E-state index >= 15 is 0 Å². The summed E-state index contributed by atoms with van der Waals surface area (Å²) in [7, 11) is 2.98. The number of carbonyl (C=O) groups is 2. The average Bonchev–Trinajstić information content (AvgIpc) is 2.70. The van der Waals surface area contributed by atoms with E-state index < -0.39 is 17.7 Å². The minimum Gasteiger partial charge on any atom is -0.444 e. The predicted molar refractivity (Wildman–Crippen MR) is 86.4 cm³/mol. The zero-order chi connectivity index (χ0) is 17.2. The van der Waals surface area contributed by atoms with Gasteiger partial charge in [0.25, 0.3) is 5.91 Å². The van der Waals surface area contributed by atoms with Crippen molar-refractivity contribution >= 4 is 12.0 Å². The molecule has 6 heteroatoms. The Morgan fingerprint density at radius 1 is 1.26 bits per heavy atom. The molecule has 0 radical (unpaired) electrons. The van der Waals surface area contributed by atoms with Gasteiger partial charge < -0.3 is 10.1 Å². The molecule has 4 atom stereocenters. The highest BCUT2D eigenvalue weighted by Gasteiger charge is 2.38. The highest BCUT2D eigenvalue weighted by Crippen LogP contribution is 2.45. The number of hydrogen-bond donors (Lipinski definition) is 1. The zero-order valence-electron chi connectivity index (χ0n) is 14.7. The fourth-order valence-corrected chi connectivity index (χ4v) is 3.30. The van der Waals surface area contributed by atoms with Crippen LogP contribution in [0, 0.1) is 17.8 Å². The number of alkyl carbamates (subject to hydrolysis) is 1. The van der Waals surface area contributed by atoms with Gasteiger partial charge in [-0.05, 0) is 57.8 Å². The van der Waals surface area contributed by atoms with Crippen LogP contribution in [-0.4, -0.2) is 42.9 Å². The molecular weight excluding hydrogens is 296 g/mol. The number of amides is 2. The highest BCUT2D eigenvalue weighted by molar-refractivity contribution is 5.84. The summed E-state index contributed by atoms with van der Waals surface area (Å²) >= 11 is 0. The first-order chi connectivity index (χ1) is 10.7. The molecule has 130 valence electrons. The fraction of sp³-hybridized carbons (Fsp3) is 0.765. The van der Waals surface area contributed by atoms with Gasteiger partial charge in [0.2, 0.25) is 0 Å². The van der Waals surface area contributed by atoms with E-state index in [1.807, 2.05) is 0 Å². The van der Waals surface area contributed by atoms with Gasteiger partial charge in [0.1, 0.15) is 11.6 Å². The van der Waals surface area contributed by atoms with Crippen LogP contribution in [0.4, 0.5) is 4.79 Å². The minimum absolute atomic E-state index is 0.259. The summed E-state index contributed by atoms with van der Waals surface area (Å²) in [5.74, 6) is 1.47. The number of rotatable bonds is 5.